The van der Waals surface area contributed by atoms with Gasteiger partial charge in [-0.15, -0.1) is 0 Å². The van der Waals surface area contributed by atoms with E-state index in [2.05, 4.69) is 16.1 Å². The van der Waals surface area contributed by atoms with Gasteiger partial charge < -0.3 is 4.74 Å². The minimum atomic E-state index is -4.55. The van der Waals surface area contributed by atoms with Gasteiger partial charge in [-0.1, -0.05) is 18.2 Å². The number of benzene rings is 2. The molecule has 0 amide bonds. The molecule has 6 nitrogen and oxygen atoms in total. The van der Waals surface area contributed by atoms with E-state index in [-0.39, 0.29) is 20.9 Å². The van der Waals surface area contributed by atoms with E-state index < -0.39 is 50.5 Å². The van der Waals surface area contributed by atoms with Crippen LogP contribution < -0.4 is 3.33 Å². The summed E-state index contributed by atoms with van der Waals surface area (Å²) in [5.74, 6) is -7.44. The molecular weight excluding hydrogens is 501 g/mol. The van der Waals surface area contributed by atoms with Gasteiger partial charge in [0.05, 0.1) is 27.8 Å². The second-order valence-corrected chi connectivity index (χ2v) is 10.5. The van der Waals surface area contributed by atoms with Crippen molar-refractivity contribution in [2.45, 2.75) is 32.8 Å². The van der Waals surface area contributed by atoms with Crippen molar-refractivity contribution < 1.29 is 31.1 Å². The SMILES string of the molecule is CC(C)(C)OC(=O)CS(=O)(=O)N(Br)c1cc(Cc2ccccc2C#N)c(F)c(F)c1F. The Bertz CT molecular complexity index is 1160. The summed E-state index contributed by atoms with van der Waals surface area (Å²) in [6, 6.07) is 8.84. The van der Waals surface area contributed by atoms with E-state index >= 15 is 0 Å². The van der Waals surface area contributed by atoms with Crippen molar-refractivity contribution in [2.75, 3.05) is 9.08 Å². The van der Waals surface area contributed by atoms with E-state index in [1.807, 2.05) is 6.07 Å². The minimum Gasteiger partial charge on any atom is -0.459 e. The van der Waals surface area contributed by atoms with Crippen LogP contribution in [0.5, 0.6) is 0 Å². The molecule has 0 aliphatic rings. The number of nitriles is 1. The molecule has 2 rings (SSSR count). The summed E-state index contributed by atoms with van der Waals surface area (Å²) in [7, 11) is -4.55. The predicted octanol–water partition coefficient (Wildman–Crippen LogP) is 4.35. The van der Waals surface area contributed by atoms with Gasteiger partial charge in [-0.2, -0.15) is 8.59 Å². The van der Waals surface area contributed by atoms with Gasteiger partial charge in [0.25, 0.3) is 10.0 Å². The molecule has 0 aromatic heterocycles. The Morgan fingerprint density at radius 3 is 2.32 bits per heavy atom. The van der Waals surface area contributed by atoms with E-state index in [0.29, 0.717) is 5.56 Å². The maximum Gasteiger partial charge on any atom is 0.323 e. The summed E-state index contributed by atoms with van der Waals surface area (Å²) in [4.78, 5) is 11.9. The lowest BCUT2D eigenvalue weighted by Crippen LogP contribution is -2.33. The molecule has 31 heavy (non-hydrogen) atoms. The van der Waals surface area contributed by atoms with Crippen molar-refractivity contribution in [2.24, 2.45) is 0 Å². The van der Waals surface area contributed by atoms with Gasteiger partial charge in [0.15, 0.2) is 23.2 Å². The van der Waals surface area contributed by atoms with E-state index in [1.54, 1.807) is 12.1 Å². The molecular formula is C20H18BrF3N2O4S. The predicted molar refractivity (Wildman–Crippen MR) is 111 cm³/mol. The molecule has 0 aliphatic heterocycles. The highest BCUT2D eigenvalue weighted by Crippen LogP contribution is 2.32. The number of sulfonamides is 1. The molecule has 0 aliphatic carbocycles. The van der Waals surface area contributed by atoms with Crippen LogP contribution in [0.1, 0.15) is 37.5 Å². The fraction of sp³-hybridized carbons (Fsp3) is 0.300. The number of hydrogen-bond donors (Lipinski definition) is 0. The Hall–Kier alpha value is -2.58. The summed E-state index contributed by atoms with van der Waals surface area (Å²) in [6.45, 7) is 4.59. The van der Waals surface area contributed by atoms with Gasteiger partial charge in [-0.3, -0.25) is 4.79 Å². The Morgan fingerprint density at radius 2 is 1.74 bits per heavy atom. The standard InChI is InChI=1S/C20H18BrF3N2O4S/c1-20(2,3)30-16(27)11-31(28,29)26(21)15-9-14(17(22)19(24)18(15)23)8-12-6-4-5-7-13(12)10-25/h4-7,9H,8,11H2,1-3H3. The third-order valence-electron chi connectivity index (χ3n) is 3.88. The van der Waals surface area contributed by atoms with Gasteiger partial charge in [-0.05, 0) is 44.0 Å². The highest BCUT2D eigenvalue weighted by Gasteiger charge is 2.31. The van der Waals surface area contributed by atoms with Gasteiger partial charge in [0.1, 0.15) is 11.3 Å². The normalized spacial score (nSPS) is 11.7. The van der Waals surface area contributed by atoms with Crippen LogP contribution >= 0.6 is 16.1 Å². The molecule has 0 saturated carbocycles. The second kappa shape index (κ2) is 9.28. The number of hydrogen-bond acceptors (Lipinski definition) is 5. The van der Waals surface area contributed by atoms with E-state index in [9.17, 15) is 26.4 Å². The molecule has 2 aromatic carbocycles. The molecule has 166 valence electrons. The minimum absolute atomic E-state index is 0.182. The fourth-order valence-electron chi connectivity index (χ4n) is 2.61. The third-order valence-corrected chi connectivity index (χ3v) is 6.87. The first kappa shape index (κ1) is 24.7. The molecule has 0 heterocycles. The Labute approximate surface area is 186 Å². The molecule has 0 atom stereocenters. The number of carbonyl (C=O) groups is 1. The molecule has 0 fully saturated rings. The van der Waals surface area contributed by atoms with Gasteiger partial charge in [0.2, 0.25) is 0 Å². The zero-order chi connectivity index (χ0) is 23.6. The first-order valence-corrected chi connectivity index (χ1v) is 11.1. The van der Waals surface area contributed by atoms with Gasteiger partial charge >= 0.3 is 5.97 Å². The molecule has 11 heteroatoms. The topological polar surface area (TPSA) is 87.5 Å². The van der Waals surface area contributed by atoms with Crippen LogP contribution in [-0.2, 0) is 26.0 Å². The second-order valence-electron chi connectivity index (χ2n) is 7.50. The zero-order valence-corrected chi connectivity index (χ0v) is 19.2. The zero-order valence-electron chi connectivity index (χ0n) is 16.7. The summed E-state index contributed by atoms with van der Waals surface area (Å²) < 4.78 is 73.1. The smallest absolute Gasteiger partial charge is 0.323 e. The highest BCUT2D eigenvalue weighted by molar-refractivity contribution is 9.11. The van der Waals surface area contributed by atoms with E-state index in [4.69, 9.17) is 10.00 Å². The van der Waals surface area contributed by atoms with Crippen molar-refractivity contribution >= 4 is 37.8 Å². The summed E-state index contributed by atoms with van der Waals surface area (Å²) in [5, 5.41) is 9.16. The van der Waals surface area contributed by atoms with Crippen molar-refractivity contribution in [1.82, 2.24) is 0 Å². The van der Waals surface area contributed by atoms with E-state index in [1.165, 1.54) is 32.9 Å². The van der Waals surface area contributed by atoms with Gasteiger partial charge in [-0.25, -0.2) is 21.6 Å². The van der Waals surface area contributed by atoms with Crippen LogP contribution in [0.25, 0.3) is 0 Å². The number of anilines is 1. The third kappa shape index (κ3) is 5.98. The lowest BCUT2D eigenvalue weighted by Gasteiger charge is -2.22. The molecule has 0 bridgehead atoms. The van der Waals surface area contributed by atoms with Crippen molar-refractivity contribution in [1.29, 1.82) is 5.26 Å². The van der Waals surface area contributed by atoms with Crippen LogP contribution in [0.4, 0.5) is 18.9 Å². The van der Waals surface area contributed by atoms with Gasteiger partial charge in [0, 0.05) is 6.42 Å². The van der Waals surface area contributed by atoms with Crippen molar-refractivity contribution in [3.8, 4) is 6.07 Å². The Balaban J connectivity index is 2.45. The van der Waals surface area contributed by atoms with Crippen LogP contribution in [0.2, 0.25) is 0 Å². The van der Waals surface area contributed by atoms with Crippen molar-refractivity contribution in [3.63, 3.8) is 0 Å². The number of rotatable bonds is 6. The summed E-state index contributed by atoms with van der Waals surface area (Å²) >= 11 is 2.63. The number of ether oxygens (including phenoxy) is 1. The average molecular weight is 519 g/mol. The number of nitrogens with zero attached hydrogens (tertiary/aromatic N) is 2. The molecule has 2 aromatic rings. The molecule has 0 saturated heterocycles. The number of carbonyl (C=O) groups excluding carboxylic acids is 1. The average Bonchev–Trinajstić information content (AvgIpc) is 2.66. The number of esters is 1. The Kier molecular flexibility index (Phi) is 7.39. The lowest BCUT2D eigenvalue weighted by atomic mass is 9.99. The van der Waals surface area contributed by atoms with E-state index in [0.717, 1.165) is 6.07 Å². The lowest BCUT2D eigenvalue weighted by molar-refractivity contribution is -0.151. The first-order valence-electron chi connectivity index (χ1n) is 8.82. The molecule has 0 spiro atoms. The molecule has 0 unspecified atom stereocenters. The van der Waals surface area contributed by atoms with Crippen LogP contribution in [0.15, 0.2) is 30.3 Å². The van der Waals surface area contributed by atoms with Crippen LogP contribution in [0.3, 0.4) is 0 Å². The summed E-state index contributed by atoms with van der Waals surface area (Å²) in [5.41, 5.74) is -1.67. The van der Waals surface area contributed by atoms with Crippen LogP contribution in [-0.4, -0.2) is 25.7 Å². The molecule has 0 N–H and O–H groups in total. The quantitative estimate of drug-likeness (QED) is 0.322. The Morgan fingerprint density at radius 1 is 1.13 bits per heavy atom. The fourth-order valence-corrected chi connectivity index (χ4v) is 4.08. The van der Waals surface area contributed by atoms with Crippen LogP contribution in [0, 0.1) is 28.8 Å². The number of halogens is 4. The summed E-state index contributed by atoms with van der Waals surface area (Å²) in [6.07, 6.45) is -0.299. The highest BCUT2D eigenvalue weighted by atomic mass is 79.9. The molecule has 0 radical (unpaired) electrons. The van der Waals surface area contributed by atoms with Crippen molar-refractivity contribution in [3.05, 3.63) is 64.5 Å². The largest absolute Gasteiger partial charge is 0.459 e. The monoisotopic (exact) mass is 518 g/mol. The maximum atomic E-state index is 14.4. The maximum absolute atomic E-state index is 14.4. The first-order chi connectivity index (χ1) is 14.3.